The zero-order valence-corrected chi connectivity index (χ0v) is 11.5. The largest absolute Gasteiger partial charge is 0.384 e. The van der Waals surface area contributed by atoms with Gasteiger partial charge in [-0.3, -0.25) is 10.8 Å². The van der Waals surface area contributed by atoms with Crippen molar-refractivity contribution in [3.8, 4) is 0 Å². The van der Waals surface area contributed by atoms with Gasteiger partial charge in [0.15, 0.2) is 0 Å². The second-order valence-electron chi connectivity index (χ2n) is 5.18. The van der Waals surface area contributed by atoms with Crippen LogP contribution in [0.25, 0.3) is 16.5 Å². The van der Waals surface area contributed by atoms with Gasteiger partial charge in [0, 0.05) is 22.2 Å². The molecule has 3 rings (SSSR count). The van der Waals surface area contributed by atoms with Crippen molar-refractivity contribution >= 4 is 28.1 Å². The molecule has 2 aromatic rings. The van der Waals surface area contributed by atoms with Crippen LogP contribution in [0.3, 0.4) is 0 Å². The second kappa shape index (κ2) is 4.94. The Morgan fingerprint density at radius 3 is 2.43 bits per heavy atom. The Morgan fingerprint density at radius 2 is 1.81 bits per heavy atom. The fourth-order valence-electron chi connectivity index (χ4n) is 2.54. The third-order valence-electron chi connectivity index (χ3n) is 3.76. The van der Waals surface area contributed by atoms with Crippen molar-refractivity contribution in [2.24, 2.45) is 11.5 Å². The summed E-state index contributed by atoms with van der Waals surface area (Å²) in [7, 11) is 0. The normalized spacial score (nSPS) is 14.7. The zero-order chi connectivity index (χ0) is 15.0. The van der Waals surface area contributed by atoms with Crippen LogP contribution in [0, 0.1) is 10.8 Å². The average molecular weight is 279 g/mol. The summed E-state index contributed by atoms with van der Waals surface area (Å²) >= 11 is 0. The topological polar surface area (TPSA) is 116 Å². The first kappa shape index (κ1) is 13.2. The quantitative estimate of drug-likeness (QED) is 0.438. The van der Waals surface area contributed by atoms with Crippen molar-refractivity contribution in [1.29, 1.82) is 10.8 Å². The van der Waals surface area contributed by atoms with E-state index >= 15 is 0 Å². The molecule has 1 aliphatic rings. The summed E-state index contributed by atoms with van der Waals surface area (Å²) in [5.41, 5.74) is 15.8. The van der Waals surface area contributed by atoms with E-state index in [4.69, 9.17) is 22.3 Å². The molecule has 1 aromatic carbocycles. The summed E-state index contributed by atoms with van der Waals surface area (Å²) in [6.07, 6.45) is 5.57. The lowest BCUT2D eigenvalue weighted by Gasteiger charge is -2.11. The summed E-state index contributed by atoms with van der Waals surface area (Å²) in [4.78, 5) is 3.37. The van der Waals surface area contributed by atoms with Crippen molar-refractivity contribution in [2.45, 2.75) is 12.8 Å². The van der Waals surface area contributed by atoms with E-state index in [9.17, 15) is 0 Å². The smallest absolute Gasteiger partial charge is 0.122 e. The Kier molecular flexibility index (Phi) is 3.10. The Hall–Kier alpha value is -2.82. The fourth-order valence-corrected chi connectivity index (χ4v) is 2.54. The number of allylic oxidation sites excluding steroid dienone is 3. The molecular weight excluding hydrogens is 262 g/mol. The number of nitrogens with two attached hydrogens (primary N) is 2. The van der Waals surface area contributed by atoms with E-state index in [0.29, 0.717) is 12.0 Å². The number of fused-ring (bicyclic) bond motifs is 1. The van der Waals surface area contributed by atoms with Crippen LogP contribution in [-0.2, 0) is 0 Å². The predicted molar refractivity (Wildman–Crippen MR) is 86.5 cm³/mol. The van der Waals surface area contributed by atoms with Crippen LogP contribution in [0.1, 0.15) is 24.1 Å². The minimum atomic E-state index is 0.0685. The van der Waals surface area contributed by atoms with E-state index in [2.05, 4.69) is 17.1 Å². The molecule has 0 saturated carbocycles. The molecule has 0 bridgehead atoms. The molecule has 0 aliphatic heterocycles. The molecule has 5 nitrogen and oxygen atoms in total. The third kappa shape index (κ3) is 2.45. The van der Waals surface area contributed by atoms with E-state index < -0.39 is 0 Å². The average Bonchev–Trinajstić information content (AvgIpc) is 2.90. The van der Waals surface area contributed by atoms with Crippen LogP contribution in [0.2, 0.25) is 0 Å². The summed E-state index contributed by atoms with van der Waals surface area (Å²) in [6, 6.07) is 7.80. The highest BCUT2D eigenvalue weighted by Gasteiger charge is 2.11. The maximum absolute atomic E-state index is 7.49. The molecule has 106 valence electrons. The van der Waals surface area contributed by atoms with E-state index in [1.807, 2.05) is 24.3 Å². The maximum Gasteiger partial charge on any atom is 0.122 e. The van der Waals surface area contributed by atoms with Crippen LogP contribution < -0.4 is 11.5 Å². The molecule has 7 N–H and O–H groups in total. The zero-order valence-electron chi connectivity index (χ0n) is 11.5. The van der Waals surface area contributed by atoms with Crippen LogP contribution >= 0.6 is 0 Å². The van der Waals surface area contributed by atoms with Gasteiger partial charge >= 0.3 is 0 Å². The number of hydrogen-bond acceptors (Lipinski definition) is 2. The van der Waals surface area contributed by atoms with E-state index in [-0.39, 0.29) is 11.7 Å². The van der Waals surface area contributed by atoms with Gasteiger partial charge in [0.25, 0.3) is 0 Å². The number of rotatable bonds is 3. The highest BCUT2D eigenvalue weighted by atomic mass is 14.7. The van der Waals surface area contributed by atoms with E-state index in [1.165, 1.54) is 5.57 Å². The number of H-pyrrole nitrogens is 1. The monoisotopic (exact) mass is 279 g/mol. The van der Waals surface area contributed by atoms with Crippen molar-refractivity contribution < 1.29 is 0 Å². The summed E-state index contributed by atoms with van der Waals surface area (Å²) in [5.74, 6) is 0.215. The van der Waals surface area contributed by atoms with Gasteiger partial charge in [0.2, 0.25) is 0 Å². The van der Waals surface area contributed by atoms with Gasteiger partial charge in [-0.1, -0.05) is 24.3 Å². The maximum atomic E-state index is 7.49. The van der Waals surface area contributed by atoms with Gasteiger partial charge in [-0.15, -0.1) is 0 Å². The summed E-state index contributed by atoms with van der Waals surface area (Å²) in [6.45, 7) is 0. The number of nitrogen functional groups attached to an aromatic ring is 1. The molecule has 21 heavy (non-hydrogen) atoms. The van der Waals surface area contributed by atoms with Crippen LogP contribution in [0.4, 0.5) is 0 Å². The van der Waals surface area contributed by atoms with Gasteiger partial charge in [-0.2, -0.15) is 0 Å². The summed E-state index contributed by atoms with van der Waals surface area (Å²) in [5, 5.41) is 16.0. The number of amidine groups is 2. The number of benzene rings is 1. The second-order valence-corrected chi connectivity index (χ2v) is 5.18. The van der Waals surface area contributed by atoms with Crippen molar-refractivity contribution in [1.82, 2.24) is 4.98 Å². The Bertz CT molecular complexity index is 807. The van der Waals surface area contributed by atoms with Crippen LogP contribution in [0.5, 0.6) is 0 Å². The molecular formula is C16H17N5. The highest BCUT2D eigenvalue weighted by molar-refractivity contribution is 5.99. The molecule has 0 radical (unpaired) electrons. The fraction of sp³-hybridized carbons (Fsp3) is 0.125. The molecule has 0 saturated heterocycles. The van der Waals surface area contributed by atoms with Crippen LogP contribution in [0.15, 0.2) is 42.0 Å². The van der Waals surface area contributed by atoms with Crippen LogP contribution in [-0.4, -0.2) is 16.7 Å². The molecule has 0 unspecified atom stereocenters. The van der Waals surface area contributed by atoms with Crippen molar-refractivity contribution in [2.75, 3.05) is 0 Å². The molecule has 0 spiro atoms. The molecule has 0 amide bonds. The van der Waals surface area contributed by atoms with E-state index in [1.54, 1.807) is 0 Å². The third-order valence-corrected chi connectivity index (χ3v) is 3.76. The van der Waals surface area contributed by atoms with E-state index in [0.717, 1.165) is 28.6 Å². The highest BCUT2D eigenvalue weighted by Crippen LogP contribution is 2.28. The summed E-state index contributed by atoms with van der Waals surface area (Å²) < 4.78 is 0. The first-order chi connectivity index (χ1) is 10.0. The molecule has 1 heterocycles. The standard InChI is InChI=1S/C16H17N5/c17-15(18)10-3-1-9(2-4-10)13-7-11-5-6-12(16(19)20)8-14(11)21-13/h1,4-8,21H,2-3H2,(H3,17,18)(H3,19,20). The molecule has 0 atom stereocenters. The number of nitrogens with one attached hydrogen (secondary N) is 3. The Morgan fingerprint density at radius 1 is 1.00 bits per heavy atom. The molecule has 1 aromatic heterocycles. The Labute approximate surface area is 122 Å². The Balaban J connectivity index is 1.92. The first-order valence-electron chi connectivity index (χ1n) is 6.74. The molecule has 0 fully saturated rings. The van der Waals surface area contributed by atoms with Gasteiger partial charge in [-0.05, 0) is 36.1 Å². The lowest BCUT2D eigenvalue weighted by Crippen LogP contribution is -2.13. The van der Waals surface area contributed by atoms with Gasteiger partial charge in [0.1, 0.15) is 11.7 Å². The minimum absolute atomic E-state index is 0.0685. The number of aromatic amines is 1. The van der Waals surface area contributed by atoms with Gasteiger partial charge in [0.05, 0.1) is 0 Å². The lowest BCUT2D eigenvalue weighted by atomic mass is 9.97. The van der Waals surface area contributed by atoms with Crippen molar-refractivity contribution in [3.05, 3.63) is 53.2 Å². The lowest BCUT2D eigenvalue weighted by molar-refractivity contribution is 1.16. The number of aromatic nitrogens is 1. The number of hydrogen-bond donors (Lipinski definition) is 5. The van der Waals surface area contributed by atoms with Gasteiger partial charge in [-0.25, -0.2) is 0 Å². The predicted octanol–water partition coefficient (Wildman–Crippen LogP) is 2.49. The SMILES string of the molecule is N=C(N)C1=CCC(c2cc3ccc(C(=N)N)cc3[nH]2)=CC1. The van der Waals surface area contributed by atoms with Gasteiger partial charge < -0.3 is 16.5 Å². The van der Waals surface area contributed by atoms with Crippen molar-refractivity contribution in [3.63, 3.8) is 0 Å². The molecule has 1 aliphatic carbocycles. The first-order valence-corrected chi connectivity index (χ1v) is 6.74. The minimum Gasteiger partial charge on any atom is -0.384 e. The molecule has 5 heteroatoms.